The average Bonchev–Trinajstić information content (AvgIpc) is 2.36. The SMILES string of the molecule is NC(C1=CCCCO1)c1ccc(F)c(F)c1F. The Hall–Kier alpha value is -1.49. The van der Waals surface area contributed by atoms with E-state index in [-0.39, 0.29) is 5.56 Å². The van der Waals surface area contributed by atoms with Gasteiger partial charge in [0, 0.05) is 5.56 Å². The predicted octanol–water partition coefficient (Wildman–Crippen LogP) is 2.80. The molecule has 0 aromatic heterocycles. The Balaban J connectivity index is 2.34. The third-order valence-corrected chi connectivity index (χ3v) is 2.67. The van der Waals surface area contributed by atoms with Gasteiger partial charge in [-0.25, -0.2) is 13.2 Å². The van der Waals surface area contributed by atoms with Crippen LogP contribution in [-0.2, 0) is 4.74 Å². The van der Waals surface area contributed by atoms with Gasteiger partial charge in [0.1, 0.15) is 5.76 Å². The zero-order valence-corrected chi connectivity index (χ0v) is 9.05. The van der Waals surface area contributed by atoms with Crippen molar-refractivity contribution in [2.24, 2.45) is 5.73 Å². The fraction of sp³-hybridized carbons (Fsp3) is 0.333. The molecule has 0 amide bonds. The number of nitrogens with two attached hydrogens (primary N) is 1. The van der Waals surface area contributed by atoms with E-state index in [4.69, 9.17) is 10.5 Å². The van der Waals surface area contributed by atoms with Crippen molar-refractivity contribution in [2.45, 2.75) is 18.9 Å². The summed E-state index contributed by atoms with van der Waals surface area (Å²) in [6.45, 7) is 0.505. The molecule has 0 fully saturated rings. The minimum atomic E-state index is -1.51. The van der Waals surface area contributed by atoms with Crippen LogP contribution in [0.25, 0.3) is 0 Å². The number of ether oxygens (including phenoxy) is 1. The highest BCUT2D eigenvalue weighted by atomic mass is 19.2. The van der Waals surface area contributed by atoms with Crippen LogP contribution in [0.3, 0.4) is 0 Å². The summed E-state index contributed by atoms with van der Waals surface area (Å²) in [6.07, 6.45) is 3.40. The van der Waals surface area contributed by atoms with Crippen molar-refractivity contribution in [1.82, 2.24) is 0 Å². The van der Waals surface area contributed by atoms with Crippen molar-refractivity contribution >= 4 is 0 Å². The smallest absolute Gasteiger partial charge is 0.194 e. The van der Waals surface area contributed by atoms with Crippen LogP contribution in [0.1, 0.15) is 24.4 Å². The Morgan fingerprint density at radius 1 is 1.18 bits per heavy atom. The van der Waals surface area contributed by atoms with Crippen LogP contribution in [0.2, 0.25) is 0 Å². The van der Waals surface area contributed by atoms with E-state index in [0.29, 0.717) is 12.4 Å². The lowest BCUT2D eigenvalue weighted by molar-refractivity contribution is 0.175. The Kier molecular flexibility index (Phi) is 3.38. The fourth-order valence-corrected chi connectivity index (χ4v) is 1.73. The monoisotopic (exact) mass is 243 g/mol. The first-order valence-corrected chi connectivity index (χ1v) is 5.33. The quantitative estimate of drug-likeness (QED) is 0.810. The maximum absolute atomic E-state index is 13.5. The zero-order chi connectivity index (χ0) is 12.4. The minimum Gasteiger partial charge on any atom is -0.496 e. The second kappa shape index (κ2) is 4.79. The predicted molar refractivity (Wildman–Crippen MR) is 56.5 cm³/mol. The Morgan fingerprint density at radius 2 is 1.94 bits per heavy atom. The molecule has 92 valence electrons. The highest BCUT2D eigenvalue weighted by Gasteiger charge is 2.22. The molecule has 5 heteroatoms. The van der Waals surface area contributed by atoms with E-state index in [1.54, 1.807) is 6.08 Å². The Labute approximate surface area is 96.9 Å². The highest BCUT2D eigenvalue weighted by Crippen LogP contribution is 2.27. The standard InChI is InChI=1S/C12H12F3NO/c13-8-5-4-7(10(14)11(8)15)12(16)9-3-1-2-6-17-9/h3-5,12H,1-2,6,16H2. The van der Waals surface area contributed by atoms with Crippen molar-refractivity contribution in [3.8, 4) is 0 Å². The summed E-state index contributed by atoms with van der Waals surface area (Å²) >= 11 is 0. The molecule has 17 heavy (non-hydrogen) atoms. The molecule has 2 N–H and O–H groups in total. The van der Waals surface area contributed by atoms with E-state index in [0.717, 1.165) is 25.0 Å². The van der Waals surface area contributed by atoms with Crippen LogP contribution >= 0.6 is 0 Å². The lowest BCUT2D eigenvalue weighted by Crippen LogP contribution is -2.19. The van der Waals surface area contributed by atoms with Crippen molar-refractivity contribution in [3.05, 3.63) is 47.0 Å². The summed E-state index contributed by atoms with van der Waals surface area (Å²) in [7, 11) is 0. The molecule has 0 bridgehead atoms. The van der Waals surface area contributed by atoms with E-state index >= 15 is 0 Å². The molecule has 0 saturated heterocycles. The van der Waals surface area contributed by atoms with Crippen LogP contribution < -0.4 is 5.73 Å². The van der Waals surface area contributed by atoms with Gasteiger partial charge in [-0.1, -0.05) is 6.07 Å². The first-order chi connectivity index (χ1) is 8.11. The lowest BCUT2D eigenvalue weighted by atomic mass is 10.0. The fourth-order valence-electron chi connectivity index (χ4n) is 1.73. The molecule has 0 spiro atoms. The zero-order valence-electron chi connectivity index (χ0n) is 9.05. The van der Waals surface area contributed by atoms with Crippen LogP contribution in [0, 0.1) is 17.5 Å². The molecule has 2 nitrogen and oxygen atoms in total. The summed E-state index contributed by atoms with van der Waals surface area (Å²) in [4.78, 5) is 0. The van der Waals surface area contributed by atoms with E-state index in [1.165, 1.54) is 0 Å². The van der Waals surface area contributed by atoms with Crippen LogP contribution in [0.15, 0.2) is 24.0 Å². The van der Waals surface area contributed by atoms with E-state index < -0.39 is 23.5 Å². The second-order valence-electron chi connectivity index (χ2n) is 3.84. The molecular formula is C12H12F3NO. The van der Waals surface area contributed by atoms with Gasteiger partial charge in [0.2, 0.25) is 0 Å². The molecule has 1 aliphatic heterocycles. The van der Waals surface area contributed by atoms with Crippen molar-refractivity contribution in [2.75, 3.05) is 6.61 Å². The van der Waals surface area contributed by atoms with E-state index in [1.807, 2.05) is 0 Å². The van der Waals surface area contributed by atoms with E-state index in [9.17, 15) is 13.2 Å². The molecule has 1 aromatic rings. The summed E-state index contributed by atoms with van der Waals surface area (Å²) in [5, 5.41) is 0. The molecule has 0 aliphatic carbocycles. The van der Waals surface area contributed by atoms with Crippen molar-refractivity contribution in [1.29, 1.82) is 0 Å². The van der Waals surface area contributed by atoms with Gasteiger partial charge in [-0.3, -0.25) is 0 Å². The first-order valence-electron chi connectivity index (χ1n) is 5.33. The van der Waals surface area contributed by atoms with Gasteiger partial charge in [0.25, 0.3) is 0 Å². The second-order valence-corrected chi connectivity index (χ2v) is 3.84. The number of benzene rings is 1. The number of hydrogen-bond acceptors (Lipinski definition) is 2. The first kappa shape index (κ1) is 12.0. The van der Waals surface area contributed by atoms with Crippen LogP contribution in [0.4, 0.5) is 13.2 Å². The topological polar surface area (TPSA) is 35.2 Å². The van der Waals surface area contributed by atoms with Crippen LogP contribution in [0.5, 0.6) is 0 Å². The largest absolute Gasteiger partial charge is 0.496 e. The maximum Gasteiger partial charge on any atom is 0.194 e. The van der Waals surface area contributed by atoms with Gasteiger partial charge in [-0.05, 0) is 25.0 Å². The molecule has 2 rings (SSSR count). The highest BCUT2D eigenvalue weighted by molar-refractivity contribution is 5.28. The van der Waals surface area contributed by atoms with Gasteiger partial charge >= 0.3 is 0 Å². The van der Waals surface area contributed by atoms with Gasteiger partial charge in [0.05, 0.1) is 12.6 Å². The maximum atomic E-state index is 13.5. The normalized spacial score (nSPS) is 17.3. The molecule has 0 radical (unpaired) electrons. The third kappa shape index (κ3) is 2.29. The number of allylic oxidation sites excluding steroid dienone is 1. The summed E-state index contributed by atoms with van der Waals surface area (Å²) in [5.41, 5.74) is 5.67. The Morgan fingerprint density at radius 3 is 2.59 bits per heavy atom. The summed E-state index contributed by atoms with van der Waals surface area (Å²) in [6, 6.07) is 1.10. The van der Waals surface area contributed by atoms with Crippen molar-refractivity contribution < 1.29 is 17.9 Å². The molecule has 1 heterocycles. The van der Waals surface area contributed by atoms with Gasteiger partial charge in [-0.15, -0.1) is 0 Å². The van der Waals surface area contributed by atoms with Gasteiger partial charge in [-0.2, -0.15) is 0 Å². The minimum absolute atomic E-state index is 0.1000. The Bertz CT molecular complexity index is 459. The summed E-state index contributed by atoms with van der Waals surface area (Å²) in [5.74, 6) is -3.58. The van der Waals surface area contributed by atoms with Crippen molar-refractivity contribution in [3.63, 3.8) is 0 Å². The van der Waals surface area contributed by atoms with E-state index in [2.05, 4.69) is 0 Å². The average molecular weight is 243 g/mol. The molecule has 1 aliphatic rings. The molecule has 0 saturated carbocycles. The van der Waals surface area contributed by atoms with Gasteiger partial charge < -0.3 is 10.5 Å². The van der Waals surface area contributed by atoms with Crippen LogP contribution in [-0.4, -0.2) is 6.61 Å². The molecule has 1 unspecified atom stereocenters. The third-order valence-electron chi connectivity index (χ3n) is 2.67. The molecule has 1 atom stereocenters. The lowest BCUT2D eigenvalue weighted by Gasteiger charge is -2.21. The van der Waals surface area contributed by atoms with Gasteiger partial charge in [0.15, 0.2) is 17.5 Å². The molecular weight excluding hydrogens is 231 g/mol. The number of halogens is 3. The number of hydrogen-bond donors (Lipinski definition) is 1. The number of rotatable bonds is 2. The molecule has 1 aromatic carbocycles. The summed E-state index contributed by atoms with van der Waals surface area (Å²) < 4.78 is 44.6.